The zero-order valence-electron chi connectivity index (χ0n) is 21.9. The first kappa shape index (κ1) is 27.8. The van der Waals surface area contributed by atoms with Gasteiger partial charge < -0.3 is 15.4 Å². The fraction of sp³-hybridized carbons (Fsp3) is 0.538. The van der Waals surface area contributed by atoms with Crippen molar-refractivity contribution in [1.29, 1.82) is 5.26 Å². The largest absolute Gasteiger partial charge is 0.370 e. The van der Waals surface area contributed by atoms with Gasteiger partial charge in [0.05, 0.1) is 12.7 Å². The van der Waals surface area contributed by atoms with Gasteiger partial charge in [0.15, 0.2) is 18.0 Å². The van der Waals surface area contributed by atoms with Gasteiger partial charge in [0.25, 0.3) is 0 Å². The van der Waals surface area contributed by atoms with Gasteiger partial charge in [-0.25, -0.2) is 9.97 Å². The van der Waals surface area contributed by atoms with Gasteiger partial charge in [-0.1, -0.05) is 6.07 Å². The molecule has 0 aliphatic carbocycles. The molecule has 3 rings (SSSR count). The number of fused-ring (bicyclic) bond motifs is 1. The molecule has 1 aliphatic heterocycles. The Morgan fingerprint density at radius 1 is 1.30 bits per heavy atom. The molecule has 1 atom stereocenters. The number of amides is 1. The van der Waals surface area contributed by atoms with Crippen molar-refractivity contribution in [1.82, 2.24) is 19.8 Å². The summed E-state index contributed by atoms with van der Waals surface area (Å²) in [5.41, 5.74) is 2.32. The highest BCUT2D eigenvalue weighted by molar-refractivity contribution is 5.84. The number of nitriles is 1. The van der Waals surface area contributed by atoms with Crippen LogP contribution >= 0.6 is 0 Å². The van der Waals surface area contributed by atoms with Crippen LogP contribution in [0.4, 0.5) is 11.6 Å². The molecule has 2 aromatic heterocycles. The van der Waals surface area contributed by atoms with Crippen molar-refractivity contribution >= 4 is 23.3 Å². The summed E-state index contributed by atoms with van der Waals surface area (Å²) in [6, 6.07) is 5.52. The third kappa shape index (κ3) is 8.11. The number of hydrogen-bond acceptors (Lipinski definition) is 9. The van der Waals surface area contributed by atoms with Gasteiger partial charge in [0, 0.05) is 39.3 Å². The van der Waals surface area contributed by atoms with Crippen molar-refractivity contribution in [2.24, 2.45) is 0 Å². The average Bonchev–Trinajstić information content (AvgIpc) is 2.88. The molecule has 2 aromatic rings. The highest BCUT2D eigenvalue weighted by Crippen LogP contribution is 2.20. The molecule has 198 valence electrons. The summed E-state index contributed by atoms with van der Waals surface area (Å²) in [7, 11) is 3.45. The molecule has 0 fully saturated rings. The first-order chi connectivity index (χ1) is 17.8. The first-order valence-electron chi connectivity index (χ1n) is 12.7. The number of hydrogen-bond donors (Lipinski definition) is 3. The molecule has 0 saturated heterocycles. The Labute approximate surface area is 218 Å². The second-order valence-corrected chi connectivity index (χ2v) is 9.54. The molecular formula is C26H37N8O3+. The topological polar surface area (TPSA) is 138 Å². The van der Waals surface area contributed by atoms with Gasteiger partial charge in [-0.2, -0.15) is 5.26 Å². The molecule has 0 saturated carbocycles. The minimum Gasteiger partial charge on any atom is -0.370 e. The van der Waals surface area contributed by atoms with Crippen LogP contribution in [0.2, 0.25) is 0 Å². The number of likely N-dealkylation sites (N-methyl/N-ethyl adjacent to an activating group) is 1. The van der Waals surface area contributed by atoms with Crippen molar-refractivity contribution in [3.05, 3.63) is 41.5 Å². The molecule has 1 aliphatic rings. The molecule has 37 heavy (non-hydrogen) atoms. The Kier molecular flexibility index (Phi) is 10.1. The van der Waals surface area contributed by atoms with Gasteiger partial charge >= 0.3 is 5.82 Å². The van der Waals surface area contributed by atoms with Crippen molar-refractivity contribution < 1.29 is 19.5 Å². The van der Waals surface area contributed by atoms with Crippen LogP contribution in [-0.4, -0.2) is 83.0 Å². The number of aromatic nitrogens is 3. The summed E-state index contributed by atoms with van der Waals surface area (Å²) in [4.78, 5) is 37.1. The summed E-state index contributed by atoms with van der Waals surface area (Å²) >= 11 is 0. The number of carbonyl (C=O) groups is 2. The van der Waals surface area contributed by atoms with Crippen molar-refractivity contribution in [2.45, 2.75) is 51.5 Å². The number of aryl methyl sites for hydroxylation is 2. The minimum absolute atomic E-state index is 0.0120. The third-order valence-corrected chi connectivity index (χ3v) is 6.47. The van der Waals surface area contributed by atoms with Crippen molar-refractivity contribution in [3.8, 4) is 6.07 Å². The van der Waals surface area contributed by atoms with E-state index in [9.17, 15) is 20.1 Å². The maximum absolute atomic E-state index is 12.4. The van der Waals surface area contributed by atoms with Crippen LogP contribution in [0.1, 0.15) is 49.6 Å². The van der Waals surface area contributed by atoms with Crippen molar-refractivity contribution in [2.75, 3.05) is 50.9 Å². The quantitative estimate of drug-likeness (QED) is 0.208. The highest BCUT2D eigenvalue weighted by atomic mass is 16.5. The summed E-state index contributed by atoms with van der Waals surface area (Å²) in [6.07, 6.45) is 7.85. The lowest BCUT2D eigenvalue weighted by Crippen LogP contribution is -2.43. The maximum Gasteiger partial charge on any atom is 0.351 e. The smallest absolute Gasteiger partial charge is 0.351 e. The predicted octanol–water partition coefficient (Wildman–Crippen LogP) is 1.40. The molecule has 11 nitrogen and oxygen atoms in total. The van der Waals surface area contributed by atoms with Crippen LogP contribution in [0.25, 0.3) is 0 Å². The molecule has 3 heterocycles. The SMILES string of the molecule is CC(=O)[C@H](CCN(CCCCc1ccc2c(n1)NCCC2)CC(=O)N(C)C)Nc1c(C#N)ncc[n+]1O. The lowest BCUT2D eigenvalue weighted by Gasteiger charge is -2.24. The number of unbranched alkanes of at least 4 members (excludes halogenated alkanes) is 1. The Bertz CT molecular complexity index is 1130. The van der Waals surface area contributed by atoms with Gasteiger partial charge in [-0.3, -0.25) is 19.8 Å². The Balaban J connectivity index is 1.58. The van der Waals surface area contributed by atoms with Crippen LogP contribution in [-0.2, 0) is 22.4 Å². The van der Waals surface area contributed by atoms with E-state index in [1.807, 2.05) is 11.0 Å². The van der Waals surface area contributed by atoms with E-state index in [0.29, 0.717) is 19.5 Å². The van der Waals surface area contributed by atoms with Crippen LogP contribution in [0.3, 0.4) is 0 Å². The molecule has 0 unspecified atom stereocenters. The lowest BCUT2D eigenvalue weighted by atomic mass is 10.1. The molecular weight excluding hydrogens is 472 g/mol. The number of pyridine rings is 1. The summed E-state index contributed by atoms with van der Waals surface area (Å²) in [5.74, 6) is 0.913. The van der Waals surface area contributed by atoms with Crippen molar-refractivity contribution in [3.63, 3.8) is 0 Å². The van der Waals surface area contributed by atoms with Crippen LogP contribution in [0.15, 0.2) is 24.5 Å². The zero-order chi connectivity index (χ0) is 26.8. The van der Waals surface area contributed by atoms with E-state index in [4.69, 9.17) is 4.98 Å². The zero-order valence-corrected chi connectivity index (χ0v) is 21.9. The predicted molar refractivity (Wildman–Crippen MR) is 138 cm³/mol. The lowest BCUT2D eigenvalue weighted by molar-refractivity contribution is -0.894. The van der Waals surface area contributed by atoms with Gasteiger partial charge in [0.1, 0.15) is 11.9 Å². The second-order valence-electron chi connectivity index (χ2n) is 9.54. The number of ketones is 1. The maximum atomic E-state index is 12.4. The number of nitrogens with one attached hydrogen (secondary N) is 2. The summed E-state index contributed by atoms with van der Waals surface area (Å²) in [6.45, 7) is 3.85. The third-order valence-electron chi connectivity index (χ3n) is 6.47. The van der Waals surface area contributed by atoms with Gasteiger partial charge in [-0.15, -0.1) is 0 Å². The standard InChI is InChI=1S/C26H36N8O3/c1-19(35)22(31-26-23(17-27)28-13-16-34(26)37)11-15-33(18-24(36)32(2)3)14-5-4-8-21-10-9-20-7-6-12-29-25(20)30-21/h9-10,13,16,22,37H,4-8,11-12,14-15,18H2,1-3H3,(H,29,30)/p+1/t22-/m0/s1. The molecule has 0 aromatic carbocycles. The molecule has 0 radical (unpaired) electrons. The molecule has 0 spiro atoms. The normalized spacial score (nSPS) is 13.3. The van der Waals surface area contributed by atoms with Crippen LogP contribution < -0.4 is 15.4 Å². The van der Waals surface area contributed by atoms with E-state index in [-0.39, 0.29) is 29.7 Å². The van der Waals surface area contributed by atoms with Crippen LogP contribution in [0.5, 0.6) is 0 Å². The number of anilines is 2. The number of Topliss-reactive ketones (excluding diaryl/α,β-unsaturated/α-hetero) is 1. The molecule has 1 amide bonds. The Morgan fingerprint density at radius 2 is 2.11 bits per heavy atom. The van der Waals surface area contributed by atoms with Gasteiger partial charge in [-0.05, 0) is 61.9 Å². The Morgan fingerprint density at radius 3 is 2.84 bits per heavy atom. The van der Waals surface area contributed by atoms with E-state index in [1.54, 1.807) is 19.0 Å². The first-order valence-corrected chi connectivity index (χ1v) is 12.7. The van der Waals surface area contributed by atoms with Gasteiger partial charge in [0.2, 0.25) is 11.6 Å². The Hall–Kier alpha value is -3.78. The highest BCUT2D eigenvalue weighted by Gasteiger charge is 2.26. The number of carbonyl (C=O) groups excluding carboxylic acids is 2. The van der Waals surface area contributed by atoms with E-state index in [0.717, 1.165) is 54.9 Å². The number of nitrogens with zero attached hydrogens (tertiary/aromatic N) is 6. The minimum atomic E-state index is -0.654. The van der Waals surface area contributed by atoms with E-state index >= 15 is 0 Å². The second kappa shape index (κ2) is 13.5. The monoisotopic (exact) mass is 509 g/mol. The molecule has 0 bridgehead atoms. The fourth-order valence-corrected chi connectivity index (χ4v) is 4.24. The van der Waals surface area contributed by atoms with E-state index in [1.165, 1.54) is 24.9 Å². The molecule has 11 heteroatoms. The average molecular weight is 510 g/mol. The van der Waals surface area contributed by atoms with E-state index < -0.39 is 6.04 Å². The van der Waals surface area contributed by atoms with Crippen LogP contribution in [0, 0.1) is 11.3 Å². The fourth-order valence-electron chi connectivity index (χ4n) is 4.24. The molecule has 3 N–H and O–H groups in total. The summed E-state index contributed by atoms with van der Waals surface area (Å²) < 4.78 is 0.749. The summed E-state index contributed by atoms with van der Waals surface area (Å²) in [5, 5.41) is 25.7. The number of rotatable bonds is 13. The van der Waals surface area contributed by atoms with E-state index in [2.05, 4.69) is 27.8 Å².